The number of nitrogen functional groups attached to an aromatic ring is 1. The van der Waals surface area contributed by atoms with Crippen LogP contribution in [0.2, 0.25) is 0 Å². The molecule has 1 aromatic rings. The van der Waals surface area contributed by atoms with Gasteiger partial charge in [-0.25, -0.2) is 0 Å². The number of hydrogen-bond acceptors (Lipinski definition) is 2. The average molecular weight is 147 g/mol. The third-order valence-electron chi connectivity index (χ3n) is 1.55. The third-order valence-corrected chi connectivity index (χ3v) is 1.55. The molecule has 0 aliphatic heterocycles. The van der Waals surface area contributed by atoms with Crippen LogP contribution in [0, 0.1) is 0 Å². The van der Waals surface area contributed by atoms with Gasteiger partial charge in [0.2, 0.25) is 0 Å². The molecule has 0 saturated carbocycles. The summed E-state index contributed by atoms with van der Waals surface area (Å²) in [5, 5.41) is 8.61. The van der Waals surface area contributed by atoms with Crippen molar-refractivity contribution in [3.63, 3.8) is 0 Å². The van der Waals surface area contributed by atoms with Crippen LogP contribution in [0.5, 0.6) is 0 Å². The largest absolute Gasteiger partial charge is 0.399 e. The lowest BCUT2D eigenvalue weighted by Gasteiger charge is -2.02. The Labute approximate surface area is 67.4 Å². The SMILES string of the molecule is [B]c1cc(CCO)ccc1N. The summed E-state index contributed by atoms with van der Waals surface area (Å²) >= 11 is 0. The normalized spacial score (nSPS) is 9.91. The topological polar surface area (TPSA) is 46.2 Å². The first kappa shape index (κ1) is 8.14. The van der Waals surface area contributed by atoms with Crippen LogP contribution < -0.4 is 11.2 Å². The fraction of sp³-hybridized carbons (Fsp3) is 0.250. The summed E-state index contributed by atoms with van der Waals surface area (Å²) in [6, 6.07) is 5.40. The summed E-state index contributed by atoms with van der Waals surface area (Å²) in [6.45, 7) is 0.142. The van der Waals surface area contributed by atoms with E-state index in [0.29, 0.717) is 17.6 Å². The first-order chi connectivity index (χ1) is 5.24. The van der Waals surface area contributed by atoms with Crippen molar-refractivity contribution in [1.29, 1.82) is 0 Å². The van der Waals surface area contributed by atoms with Crippen molar-refractivity contribution in [3.8, 4) is 0 Å². The molecule has 0 atom stereocenters. The fourth-order valence-corrected chi connectivity index (χ4v) is 0.909. The lowest BCUT2D eigenvalue weighted by molar-refractivity contribution is 0.299. The molecule has 3 N–H and O–H groups in total. The number of anilines is 1. The molecular weight excluding hydrogens is 137 g/mol. The van der Waals surface area contributed by atoms with E-state index in [1.165, 1.54) is 0 Å². The molecule has 0 saturated heterocycles. The Kier molecular flexibility index (Phi) is 2.55. The van der Waals surface area contributed by atoms with E-state index in [1.807, 2.05) is 6.07 Å². The Balaban J connectivity index is 2.86. The molecule has 3 heteroatoms. The first-order valence-electron chi connectivity index (χ1n) is 3.49. The minimum Gasteiger partial charge on any atom is -0.399 e. The highest BCUT2D eigenvalue weighted by molar-refractivity contribution is 6.35. The average Bonchev–Trinajstić information content (AvgIpc) is 1.98. The van der Waals surface area contributed by atoms with E-state index in [1.54, 1.807) is 12.1 Å². The van der Waals surface area contributed by atoms with Crippen molar-refractivity contribution in [2.24, 2.45) is 0 Å². The Morgan fingerprint density at radius 3 is 2.73 bits per heavy atom. The number of aliphatic hydroxyl groups excluding tert-OH is 1. The van der Waals surface area contributed by atoms with Gasteiger partial charge in [0.25, 0.3) is 0 Å². The van der Waals surface area contributed by atoms with Crippen LogP contribution in [0.25, 0.3) is 0 Å². The number of rotatable bonds is 2. The van der Waals surface area contributed by atoms with Crippen LogP contribution in [0.15, 0.2) is 18.2 Å². The highest BCUT2D eigenvalue weighted by atomic mass is 16.2. The summed E-state index contributed by atoms with van der Waals surface area (Å²) in [4.78, 5) is 0. The fourth-order valence-electron chi connectivity index (χ4n) is 0.909. The van der Waals surface area contributed by atoms with Gasteiger partial charge >= 0.3 is 0 Å². The minimum absolute atomic E-state index is 0.142. The molecule has 0 amide bonds. The van der Waals surface area contributed by atoms with Gasteiger partial charge in [-0.05, 0) is 18.1 Å². The molecule has 0 aliphatic rings. The van der Waals surface area contributed by atoms with Crippen molar-refractivity contribution in [1.82, 2.24) is 0 Å². The lowest BCUT2D eigenvalue weighted by atomic mass is 9.92. The zero-order valence-electron chi connectivity index (χ0n) is 6.25. The smallest absolute Gasteiger partial charge is 0.116 e. The van der Waals surface area contributed by atoms with Crippen LogP contribution in [0.1, 0.15) is 5.56 Å². The summed E-state index contributed by atoms with van der Waals surface area (Å²) in [6.07, 6.45) is 0.629. The van der Waals surface area contributed by atoms with Gasteiger partial charge in [-0.3, -0.25) is 0 Å². The third kappa shape index (κ3) is 1.98. The van der Waals surface area contributed by atoms with Crippen LogP contribution in [0.3, 0.4) is 0 Å². The number of hydrogen-bond donors (Lipinski definition) is 2. The van der Waals surface area contributed by atoms with E-state index in [0.717, 1.165) is 5.56 Å². The maximum atomic E-state index is 8.61. The predicted octanol–water partition coefficient (Wildman–Crippen LogP) is -0.403. The summed E-state index contributed by atoms with van der Waals surface area (Å²) < 4.78 is 0. The quantitative estimate of drug-likeness (QED) is 0.441. The molecule has 11 heavy (non-hydrogen) atoms. The number of benzene rings is 1. The van der Waals surface area contributed by atoms with Gasteiger partial charge in [0.05, 0.1) is 0 Å². The lowest BCUT2D eigenvalue weighted by Crippen LogP contribution is -2.10. The second-order valence-corrected chi connectivity index (χ2v) is 2.44. The monoisotopic (exact) mass is 147 g/mol. The number of aliphatic hydroxyl groups is 1. The van der Waals surface area contributed by atoms with Crippen molar-refractivity contribution in [2.75, 3.05) is 12.3 Å². The van der Waals surface area contributed by atoms with Gasteiger partial charge in [0.15, 0.2) is 0 Å². The standard InChI is InChI=1S/C8H10BNO/c9-7-5-6(3-4-11)1-2-8(7)10/h1-2,5,11H,3-4,10H2. The van der Waals surface area contributed by atoms with Crippen LogP contribution in [-0.2, 0) is 6.42 Å². The number of nitrogens with two attached hydrogens (primary N) is 1. The molecule has 0 aliphatic carbocycles. The Hall–Kier alpha value is -0.955. The molecular formula is C8H10BNO. The highest BCUT2D eigenvalue weighted by Crippen LogP contribution is 2.02. The maximum Gasteiger partial charge on any atom is 0.116 e. The van der Waals surface area contributed by atoms with Crippen molar-refractivity contribution in [3.05, 3.63) is 23.8 Å². The van der Waals surface area contributed by atoms with Crippen molar-refractivity contribution in [2.45, 2.75) is 6.42 Å². The zero-order chi connectivity index (χ0) is 8.27. The molecule has 0 aromatic heterocycles. The van der Waals surface area contributed by atoms with Crippen LogP contribution in [-0.4, -0.2) is 19.6 Å². The second kappa shape index (κ2) is 3.44. The van der Waals surface area contributed by atoms with E-state index < -0.39 is 0 Å². The van der Waals surface area contributed by atoms with E-state index in [9.17, 15) is 0 Å². The maximum absolute atomic E-state index is 8.61. The second-order valence-electron chi connectivity index (χ2n) is 2.44. The predicted molar refractivity (Wildman–Crippen MR) is 47.0 cm³/mol. The first-order valence-corrected chi connectivity index (χ1v) is 3.49. The van der Waals surface area contributed by atoms with Crippen molar-refractivity contribution < 1.29 is 5.11 Å². The molecule has 0 heterocycles. The molecule has 0 bridgehead atoms. The molecule has 2 nitrogen and oxygen atoms in total. The Morgan fingerprint density at radius 2 is 2.18 bits per heavy atom. The van der Waals surface area contributed by atoms with Gasteiger partial charge in [-0.15, -0.1) is 0 Å². The van der Waals surface area contributed by atoms with Gasteiger partial charge in [-0.2, -0.15) is 0 Å². The molecule has 0 fully saturated rings. The van der Waals surface area contributed by atoms with E-state index in [2.05, 4.69) is 0 Å². The Bertz CT molecular complexity index is 250. The molecule has 1 rings (SSSR count). The van der Waals surface area contributed by atoms with Gasteiger partial charge in [-0.1, -0.05) is 17.6 Å². The van der Waals surface area contributed by atoms with Gasteiger partial charge < -0.3 is 10.8 Å². The molecule has 1 aromatic carbocycles. The van der Waals surface area contributed by atoms with E-state index in [-0.39, 0.29) is 6.61 Å². The van der Waals surface area contributed by atoms with Crippen LogP contribution >= 0.6 is 0 Å². The molecule has 0 unspecified atom stereocenters. The van der Waals surface area contributed by atoms with Crippen molar-refractivity contribution >= 4 is 19.0 Å². The summed E-state index contributed by atoms with van der Waals surface area (Å²) in [5.41, 5.74) is 7.68. The highest BCUT2D eigenvalue weighted by Gasteiger charge is 1.94. The van der Waals surface area contributed by atoms with E-state index in [4.69, 9.17) is 18.7 Å². The molecule has 2 radical (unpaired) electrons. The van der Waals surface area contributed by atoms with E-state index >= 15 is 0 Å². The molecule has 0 spiro atoms. The summed E-state index contributed by atoms with van der Waals surface area (Å²) in [5.74, 6) is 0. The Morgan fingerprint density at radius 1 is 1.45 bits per heavy atom. The zero-order valence-corrected chi connectivity index (χ0v) is 6.25. The minimum atomic E-state index is 0.142. The van der Waals surface area contributed by atoms with Gasteiger partial charge in [0.1, 0.15) is 7.85 Å². The van der Waals surface area contributed by atoms with Crippen LogP contribution in [0.4, 0.5) is 5.69 Å². The molecule has 56 valence electrons. The summed E-state index contributed by atoms with van der Waals surface area (Å²) in [7, 11) is 5.54. The van der Waals surface area contributed by atoms with Gasteiger partial charge in [0, 0.05) is 12.3 Å².